The summed E-state index contributed by atoms with van der Waals surface area (Å²) in [4.78, 5) is 35.4. The highest BCUT2D eigenvalue weighted by molar-refractivity contribution is 5.89. The molecule has 0 atom stereocenters. The van der Waals surface area contributed by atoms with E-state index in [0.717, 1.165) is 30.9 Å². The molecule has 1 aliphatic carbocycles. The summed E-state index contributed by atoms with van der Waals surface area (Å²) in [6, 6.07) is 6.24. The van der Waals surface area contributed by atoms with Gasteiger partial charge in [0.15, 0.2) is 11.5 Å². The van der Waals surface area contributed by atoms with Gasteiger partial charge in [0.1, 0.15) is 6.61 Å². The topological polar surface area (TPSA) is 140 Å². The normalized spacial score (nSPS) is 17.1. The number of amides is 1. The van der Waals surface area contributed by atoms with Gasteiger partial charge < -0.3 is 29.6 Å². The standard InChI is InChI=1S/C22H31N3O3.C4H4O4/c1-17-3-7-19(8-4-17)24-22(26)10-6-18-5-9-20(21(15-18)27-2)28-14-13-25-12-11-23-16-25;5-3(6)1-2-4(7)8/h5,9,11-12,15-17,19H,3-4,6-8,10,13-14H2,1-2H3,(H,24,26);1-2H,(H,5,6)(H,7,8)/b;2-1+. The zero-order valence-electron chi connectivity index (χ0n) is 20.8. The molecule has 0 unspecified atom stereocenters. The summed E-state index contributed by atoms with van der Waals surface area (Å²) in [6.07, 6.45) is 12.4. The summed E-state index contributed by atoms with van der Waals surface area (Å²) >= 11 is 0. The number of carboxylic acid groups (broad SMARTS) is 2. The third-order valence-electron chi connectivity index (χ3n) is 5.78. The van der Waals surface area contributed by atoms with Gasteiger partial charge in [-0.2, -0.15) is 0 Å². The molecule has 1 saturated carbocycles. The predicted octanol–water partition coefficient (Wildman–Crippen LogP) is 3.31. The van der Waals surface area contributed by atoms with E-state index < -0.39 is 11.9 Å². The molecule has 2 aromatic rings. The summed E-state index contributed by atoms with van der Waals surface area (Å²) in [6.45, 7) is 3.55. The lowest BCUT2D eigenvalue weighted by Crippen LogP contribution is -2.37. The van der Waals surface area contributed by atoms with Crippen molar-refractivity contribution in [1.82, 2.24) is 14.9 Å². The Bertz CT molecular complexity index is 981. The molecule has 10 heteroatoms. The van der Waals surface area contributed by atoms with E-state index in [4.69, 9.17) is 19.7 Å². The van der Waals surface area contributed by atoms with Gasteiger partial charge in [-0.05, 0) is 55.7 Å². The molecule has 1 amide bonds. The predicted molar refractivity (Wildman–Crippen MR) is 133 cm³/mol. The zero-order chi connectivity index (χ0) is 26.3. The number of benzene rings is 1. The highest BCUT2D eigenvalue weighted by atomic mass is 16.5. The number of ether oxygens (including phenoxy) is 2. The van der Waals surface area contributed by atoms with Crippen molar-refractivity contribution in [3.05, 3.63) is 54.6 Å². The first kappa shape index (κ1) is 28.4. The molecule has 1 aromatic carbocycles. The first-order chi connectivity index (χ1) is 17.3. The van der Waals surface area contributed by atoms with E-state index in [1.54, 1.807) is 19.6 Å². The maximum absolute atomic E-state index is 12.3. The molecule has 0 aliphatic heterocycles. The minimum absolute atomic E-state index is 0.138. The fourth-order valence-electron chi connectivity index (χ4n) is 3.77. The van der Waals surface area contributed by atoms with Crippen molar-refractivity contribution in [3.63, 3.8) is 0 Å². The molecule has 1 fully saturated rings. The molecular weight excluding hydrogens is 466 g/mol. The summed E-state index contributed by atoms with van der Waals surface area (Å²) in [5.41, 5.74) is 1.08. The highest BCUT2D eigenvalue weighted by Gasteiger charge is 2.19. The largest absolute Gasteiger partial charge is 0.493 e. The molecule has 3 N–H and O–H groups in total. The Morgan fingerprint density at radius 3 is 2.39 bits per heavy atom. The van der Waals surface area contributed by atoms with Crippen LogP contribution in [-0.2, 0) is 27.3 Å². The second-order valence-electron chi connectivity index (χ2n) is 8.67. The molecule has 36 heavy (non-hydrogen) atoms. The van der Waals surface area contributed by atoms with Crippen LogP contribution >= 0.6 is 0 Å². The first-order valence-electron chi connectivity index (χ1n) is 12.0. The minimum Gasteiger partial charge on any atom is -0.493 e. The number of carbonyl (C=O) groups is 3. The minimum atomic E-state index is -1.26. The highest BCUT2D eigenvalue weighted by Crippen LogP contribution is 2.29. The number of hydrogen-bond acceptors (Lipinski definition) is 6. The van der Waals surface area contributed by atoms with Gasteiger partial charge in [0.2, 0.25) is 5.91 Å². The van der Waals surface area contributed by atoms with E-state index in [-0.39, 0.29) is 5.91 Å². The number of hydrogen-bond donors (Lipinski definition) is 3. The Balaban J connectivity index is 0.000000493. The van der Waals surface area contributed by atoms with Crippen molar-refractivity contribution in [2.24, 2.45) is 5.92 Å². The number of nitrogens with one attached hydrogen (secondary N) is 1. The average molecular weight is 502 g/mol. The third kappa shape index (κ3) is 11.1. The number of nitrogens with zero attached hydrogens (tertiary/aromatic N) is 2. The van der Waals surface area contributed by atoms with Crippen LogP contribution in [0.15, 0.2) is 49.1 Å². The lowest BCUT2D eigenvalue weighted by molar-refractivity contribution is -0.134. The number of aryl methyl sites for hydroxylation is 1. The molecule has 10 nitrogen and oxygen atoms in total. The summed E-state index contributed by atoms with van der Waals surface area (Å²) in [5.74, 6) is -0.169. The van der Waals surface area contributed by atoms with Crippen molar-refractivity contribution >= 4 is 17.8 Å². The number of carbonyl (C=O) groups excluding carboxylic acids is 1. The molecule has 0 spiro atoms. The van der Waals surface area contributed by atoms with Gasteiger partial charge in [-0.1, -0.05) is 13.0 Å². The maximum Gasteiger partial charge on any atom is 0.328 e. The number of imidazole rings is 1. The number of methoxy groups -OCH3 is 1. The molecule has 1 heterocycles. The molecule has 1 aliphatic rings. The van der Waals surface area contributed by atoms with Crippen molar-refractivity contribution < 1.29 is 34.1 Å². The monoisotopic (exact) mass is 501 g/mol. The van der Waals surface area contributed by atoms with E-state index >= 15 is 0 Å². The molecule has 0 saturated heterocycles. The Labute approximate surface area is 210 Å². The van der Waals surface area contributed by atoms with Crippen molar-refractivity contribution in [2.75, 3.05) is 13.7 Å². The number of carboxylic acids is 2. The van der Waals surface area contributed by atoms with Crippen LogP contribution in [0, 0.1) is 5.92 Å². The summed E-state index contributed by atoms with van der Waals surface area (Å²) in [7, 11) is 1.64. The average Bonchev–Trinajstić information content (AvgIpc) is 3.37. The van der Waals surface area contributed by atoms with E-state index in [9.17, 15) is 14.4 Å². The van der Waals surface area contributed by atoms with Crippen LogP contribution in [-0.4, -0.2) is 57.4 Å². The van der Waals surface area contributed by atoms with E-state index in [1.165, 1.54) is 12.8 Å². The lowest BCUT2D eigenvalue weighted by Gasteiger charge is -2.26. The summed E-state index contributed by atoms with van der Waals surface area (Å²) in [5, 5.41) is 18.8. The quantitative estimate of drug-likeness (QED) is 0.399. The second kappa shape index (κ2) is 15.2. The second-order valence-corrected chi connectivity index (χ2v) is 8.67. The van der Waals surface area contributed by atoms with Crippen LogP contribution in [0.1, 0.15) is 44.6 Å². The number of rotatable bonds is 11. The van der Waals surface area contributed by atoms with Crippen molar-refractivity contribution in [1.29, 1.82) is 0 Å². The molecule has 3 rings (SSSR count). The zero-order valence-corrected chi connectivity index (χ0v) is 20.8. The van der Waals surface area contributed by atoms with E-state index in [2.05, 4.69) is 17.2 Å². The summed E-state index contributed by atoms with van der Waals surface area (Å²) < 4.78 is 13.3. The Hall–Kier alpha value is -3.82. The van der Waals surface area contributed by atoms with Gasteiger partial charge in [-0.3, -0.25) is 4.79 Å². The molecular formula is C26H35N3O7. The van der Waals surface area contributed by atoms with Gasteiger partial charge in [-0.25, -0.2) is 14.6 Å². The van der Waals surface area contributed by atoms with Crippen LogP contribution in [0.25, 0.3) is 0 Å². The maximum atomic E-state index is 12.3. The van der Waals surface area contributed by atoms with Gasteiger partial charge in [0.25, 0.3) is 0 Å². The third-order valence-corrected chi connectivity index (χ3v) is 5.78. The number of aromatic nitrogens is 2. The SMILES string of the molecule is COc1cc(CCC(=O)NC2CCC(C)CC2)ccc1OCCn1ccnc1.O=C(O)/C=C/C(=O)O. The van der Waals surface area contributed by atoms with Gasteiger partial charge in [0, 0.05) is 37.0 Å². The first-order valence-corrected chi connectivity index (χ1v) is 12.0. The lowest BCUT2D eigenvalue weighted by atomic mass is 9.87. The Morgan fingerprint density at radius 2 is 1.81 bits per heavy atom. The molecule has 1 aromatic heterocycles. The van der Waals surface area contributed by atoms with Crippen LogP contribution in [0.5, 0.6) is 11.5 Å². The molecule has 196 valence electrons. The fraction of sp³-hybridized carbons (Fsp3) is 0.462. The van der Waals surface area contributed by atoms with Gasteiger partial charge >= 0.3 is 11.9 Å². The van der Waals surface area contributed by atoms with Crippen LogP contribution < -0.4 is 14.8 Å². The molecule has 0 radical (unpaired) electrons. The van der Waals surface area contributed by atoms with Crippen LogP contribution in [0.3, 0.4) is 0 Å². The number of aliphatic carboxylic acids is 2. The molecule has 0 bridgehead atoms. The van der Waals surface area contributed by atoms with E-state index in [0.29, 0.717) is 49.1 Å². The Kier molecular flexibility index (Phi) is 12.0. The van der Waals surface area contributed by atoms with Crippen molar-refractivity contribution in [3.8, 4) is 11.5 Å². The van der Waals surface area contributed by atoms with Crippen LogP contribution in [0.2, 0.25) is 0 Å². The van der Waals surface area contributed by atoms with E-state index in [1.807, 2.05) is 29.0 Å². The van der Waals surface area contributed by atoms with Gasteiger partial charge in [0.05, 0.1) is 20.0 Å². The smallest absolute Gasteiger partial charge is 0.328 e. The van der Waals surface area contributed by atoms with Crippen LogP contribution in [0.4, 0.5) is 0 Å². The Morgan fingerprint density at radius 1 is 1.11 bits per heavy atom. The fourth-order valence-corrected chi connectivity index (χ4v) is 3.77. The van der Waals surface area contributed by atoms with Crippen molar-refractivity contribution in [2.45, 2.75) is 58.0 Å². The van der Waals surface area contributed by atoms with Gasteiger partial charge in [-0.15, -0.1) is 0 Å².